The predicted octanol–water partition coefficient (Wildman–Crippen LogP) is 1.96. The maximum absolute atomic E-state index is 12.1. The van der Waals surface area contributed by atoms with Crippen molar-refractivity contribution in [3.8, 4) is 0 Å². The zero-order valence-electron chi connectivity index (χ0n) is 16.4. The standard InChI is InChI=1S/C19H28N4O5/c1-3-28-18(24)16-5-4-11-22(14-16)19(20-10-12-27-2)21-13-15-6-8-17(9-7-15)23(25)26/h6-9,16H,3-5,10-14H2,1-2H3,(H,20,21). The number of likely N-dealkylation sites (tertiary alicyclic amines) is 1. The second-order valence-corrected chi connectivity index (χ2v) is 6.52. The van der Waals surface area contributed by atoms with Crippen molar-refractivity contribution in [2.45, 2.75) is 26.3 Å². The molecular weight excluding hydrogens is 364 g/mol. The number of nitrogens with zero attached hydrogens (tertiary/aromatic N) is 3. The highest BCUT2D eigenvalue weighted by Crippen LogP contribution is 2.18. The Balaban J connectivity index is 2.07. The number of guanidine groups is 1. The van der Waals surface area contributed by atoms with Crippen LogP contribution in [0.2, 0.25) is 0 Å². The molecule has 0 aromatic heterocycles. The number of ether oxygens (including phenoxy) is 2. The van der Waals surface area contributed by atoms with Crippen LogP contribution in [0.3, 0.4) is 0 Å². The number of carbonyl (C=O) groups excluding carboxylic acids is 1. The van der Waals surface area contributed by atoms with E-state index < -0.39 is 4.92 Å². The highest BCUT2D eigenvalue weighted by Gasteiger charge is 2.28. The minimum absolute atomic E-state index is 0.0551. The SMILES string of the molecule is CCOC(=O)C1CCCN(C(=NCc2ccc([N+](=O)[O-])cc2)NCCOC)C1. The van der Waals surface area contributed by atoms with Crippen molar-refractivity contribution in [3.05, 3.63) is 39.9 Å². The van der Waals surface area contributed by atoms with Gasteiger partial charge in [0.2, 0.25) is 0 Å². The van der Waals surface area contributed by atoms with Crippen molar-refractivity contribution in [1.82, 2.24) is 10.2 Å². The topological polar surface area (TPSA) is 106 Å². The van der Waals surface area contributed by atoms with Crippen LogP contribution in [0.25, 0.3) is 0 Å². The van der Waals surface area contributed by atoms with Crippen LogP contribution in [0.1, 0.15) is 25.3 Å². The molecule has 0 bridgehead atoms. The number of benzene rings is 1. The summed E-state index contributed by atoms with van der Waals surface area (Å²) in [6, 6.07) is 6.35. The number of carbonyl (C=O) groups is 1. The lowest BCUT2D eigenvalue weighted by molar-refractivity contribution is -0.384. The molecule has 1 saturated heterocycles. The molecule has 1 aromatic carbocycles. The average molecular weight is 392 g/mol. The largest absolute Gasteiger partial charge is 0.466 e. The van der Waals surface area contributed by atoms with Gasteiger partial charge in [0.15, 0.2) is 5.96 Å². The Kier molecular flexibility index (Phi) is 8.67. The first kappa shape index (κ1) is 21.6. The molecule has 1 aromatic rings. The Labute approximate surface area is 164 Å². The molecule has 0 spiro atoms. The minimum atomic E-state index is -0.423. The third kappa shape index (κ3) is 6.49. The monoisotopic (exact) mass is 392 g/mol. The molecule has 0 saturated carbocycles. The summed E-state index contributed by atoms with van der Waals surface area (Å²) in [5.74, 6) is 0.366. The third-order valence-corrected chi connectivity index (χ3v) is 4.49. The number of nitro groups is 1. The minimum Gasteiger partial charge on any atom is -0.466 e. The summed E-state index contributed by atoms with van der Waals surface area (Å²) < 4.78 is 10.3. The van der Waals surface area contributed by atoms with Crippen molar-refractivity contribution in [2.75, 3.05) is 40.0 Å². The first-order chi connectivity index (χ1) is 13.5. The molecule has 28 heavy (non-hydrogen) atoms. The maximum atomic E-state index is 12.1. The summed E-state index contributed by atoms with van der Waals surface area (Å²) in [5.41, 5.74) is 0.926. The fraction of sp³-hybridized carbons (Fsp3) is 0.579. The molecule has 2 rings (SSSR count). The lowest BCUT2D eigenvalue weighted by Crippen LogP contribution is -2.49. The van der Waals surface area contributed by atoms with Crippen LogP contribution in [-0.4, -0.2) is 61.7 Å². The molecule has 1 aliphatic rings. The van der Waals surface area contributed by atoms with E-state index in [1.54, 1.807) is 19.2 Å². The zero-order valence-corrected chi connectivity index (χ0v) is 16.4. The van der Waals surface area contributed by atoms with E-state index >= 15 is 0 Å². The first-order valence-corrected chi connectivity index (χ1v) is 9.47. The number of hydrogen-bond acceptors (Lipinski definition) is 6. The van der Waals surface area contributed by atoms with Gasteiger partial charge < -0.3 is 19.7 Å². The van der Waals surface area contributed by atoms with Crippen LogP contribution >= 0.6 is 0 Å². The third-order valence-electron chi connectivity index (χ3n) is 4.49. The second kappa shape index (κ2) is 11.2. The van der Waals surface area contributed by atoms with E-state index in [0.29, 0.717) is 38.8 Å². The Morgan fingerprint density at radius 2 is 2.14 bits per heavy atom. The van der Waals surface area contributed by atoms with E-state index in [9.17, 15) is 14.9 Å². The van der Waals surface area contributed by atoms with Crippen LogP contribution in [0.4, 0.5) is 5.69 Å². The van der Waals surface area contributed by atoms with Gasteiger partial charge >= 0.3 is 5.97 Å². The van der Waals surface area contributed by atoms with Gasteiger partial charge in [0.25, 0.3) is 5.69 Å². The van der Waals surface area contributed by atoms with Crippen molar-refractivity contribution in [2.24, 2.45) is 10.9 Å². The smallest absolute Gasteiger partial charge is 0.310 e. The molecule has 9 nitrogen and oxygen atoms in total. The number of aliphatic imine (C=N–C) groups is 1. The van der Waals surface area contributed by atoms with Crippen LogP contribution in [0.5, 0.6) is 0 Å². The fourth-order valence-electron chi connectivity index (χ4n) is 3.04. The average Bonchev–Trinajstić information content (AvgIpc) is 2.71. The highest BCUT2D eigenvalue weighted by molar-refractivity contribution is 5.81. The van der Waals surface area contributed by atoms with Crippen molar-refractivity contribution in [1.29, 1.82) is 0 Å². The number of nitro benzene ring substituents is 1. The Morgan fingerprint density at radius 3 is 2.79 bits per heavy atom. The zero-order chi connectivity index (χ0) is 20.4. The molecule has 1 fully saturated rings. The molecule has 0 aliphatic carbocycles. The van der Waals surface area contributed by atoms with Gasteiger partial charge in [-0.2, -0.15) is 0 Å². The first-order valence-electron chi connectivity index (χ1n) is 9.47. The quantitative estimate of drug-likeness (QED) is 0.180. The van der Waals surface area contributed by atoms with Crippen LogP contribution in [0.15, 0.2) is 29.3 Å². The number of methoxy groups -OCH3 is 1. The van der Waals surface area contributed by atoms with Gasteiger partial charge in [-0.3, -0.25) is 14.9 Å². The van der Waals surface area contributed by atoms with E-state index in [4.69, 9.17) is 9.47 Å². The Morgan fingerprint density at radius 1 is 1.39 bits per heavy atom. The number of esters is 1. The fourth-order valence-corrected chi connectivity index (χ4v) is 3.04. The highest BCUT2D eigenvalue weighted by atomic mass is 16.6. The molecule has 1 aliphatic heterocycles. The lowest BCUT2D eigenvalue weighted by atomic mass is 9.98. The van der Waals surface area contributed by atoms with Gasteiger partial charge in [0.05, 0.1) is 30.6 Å². The summed E-state index contributed by atoms with van der Waals surface area (Å²) in [6.45, 7) is 5.05. The maximum Gasteiger partial charge on any atom is 0.310 e. The number of piperidine rings is 1. The van der Waals surface area contributed by atoms with Crippen LogP contribution in [0, 0.1) is 16.0 Å². The van der Waals surface area contributed by atoms with Crippen LogP contribution < -0.4 is 5.32 Å². The molecular formula is C19H28N4O5. The normalized spacial score (nSPS) is 17.3. The Bertz CT molecular complexity index is 677. The van der Waals surface area contributed by atoms with Crippen molar-refractivity contribution in [3.63, 3.8) is 0 Å². The molecule has 1 heterocycles. The van der Waals surface area contributed by atoms with E-state index in [2.05, 4.69) is 15.2 Å². The molecule has 1 atom stereocenters. The summed E-state index contributed by atoms with van der Waals surface area (Å²) in [7, 11) is 1.63. The second-order valence-electron chi connectivity index (χ2n) is 6.52. The van der Waals surface area contributed by atoms with Gasteiger partial charge in [-0.15, -0.1) is 0 Å². The molecule has 0 amide bonds. The molecule has 9 heteroatoms. The number of non-ortho nitro benzene ring substituents is 1. The van der Waals surface area contributed by atoms with E-state index in [1.807, 2.05) is 6.92 Å². The molecule has 1 N–H and O–H groups in total. The number of rotatable bonds is 8. The summed E-state index contributed by atoms with van der Waals surface area (Å²) in [4.78, 5) is 29.2. The van der Waals surface area contributed by atoms with E-state index in [1.165, 1.54) is 12.1 Å². The predicted molar refractivity (Wildman–Crippen MR) is 105 cm³/mol. The van der Waals surface area contributed by atoms with Gasteiger partial charge in [0.1, 0.15) is 0 Å². The van der Waals surface area contributed by atoms with Gasteiger partial charge in [0, 0.05) is 38.9 Å². The number of nitrogens with one attached hydrogen (secondary N) is 1. The summed E-state index contributed by atoms with van der Waals surface area (Å²) in [6.07, 6.45) is 1.69. The van der Waals surface area contributed by atoms with E-state index in [0.717, 1.165) is 24.9 Å². The van der Waals surface area contributed by atoms with Gasteiger partial charge in [-0.25, -0.2) is 4.99 Å². The van der Waals surface area contributed by atoms with Gasteiger partial charge in [-0.05, 0) is 25.3 Å². The summed E-state index contributed by atoms with van der Waals surface area (Å²) in [5, 5.41) is 14.0. The molecule has 0 radical (unpaired) electrons. The lowest BCUT2D eigenvalue weighted by Gasteiger charge is -2.34. The van der Waals surface area contributed by atoms with Gasteiger partial charge in [-0.1, -0.05) is 12.1 Å². The van der Waals surface area contributed by atoms with Crippen LogP contribution in [-0.2, 0) is 20.8 Å². The van der Waals surface area contributed by atoms with Crippen molar-refractivity contribution >= 4 is 17.6 Å². The van der Waals surface area contributed by atoms with Crippen molar-refractivity contribution < 1.29 is 19.2 Å². The molecule has 1 unspecified atom stereocenters. The Hall–Kier alpha value is -2.68. The molecule has 154 valence electrons. The van der Waals surface area contributed by atoms with E-state index in [-0.39, 0.29) is 17.6 Å². The summed E-state index contributed by atoms with van der Waals surface area (Å²) >= 11 is 0. The number of hydrogen-bond donors (Lipinski definition) is 1.